The fraction of sp³-hybridized carbons (Fsp3) is 0.208. The van der Waals surface area contributed by atoms with Gasteiger partial charge >= 0.3 is 0 Å². The van der Waals surface area contributed by atoms with E-state index in [1.807, 2.05) is 36.0 Å². The van der Waals surface area contributed by atoms with Gasteiger partial charge in [-0.15, -0.1) is 0 Å². The van der Waals surface area contributed by atoms with Gasteiger partial charge in [-0.2, -0.15) is 11.8 Å². The highest BCUT2D eigenvalue weighted by molar-refractivity contribution is 7.99. The molecule has 0 radical (unpaired) electrons. The van der Waals surface area contributed by atoms with Crippen LogP contribution in [0.4, 0.5) is 15.8 Å². The van der Waals surface area contributed by atoms with Gasteiger partial charge in [0.1, 0.15) is 5.82 Å². The van der Waals surface area contributed by atoms with Gasteiger partial charge in [0.15, 0.2) is 0 Å². The molecule has 2 N–H and O–H groups in total. The summed E-state index contributed by atoms with van der Waals surface area (Å²) in [6.07, 6.45) is 0. The van der Waals surface area contributed by atoms with Gasteiger partial charge in [0.25, 0.3) is 15.9 Å². The molecule has 0 saturated carbocycles. The van der Waals surface area contributed by atoms with E-state index < -0.39 is 15.8 Å². The minimum atomic E-state index is -3.85. The molecule has 1 amide bonds. The number of nitrogens with zero attached hydrogens (tertiary/aromatic N) is 1. The summed E-state index contributed by atoms with van der Waals surface area (Å²) in [5.41, 5.74) is 2.53. The molecule has 4 rings (SSSR count). The Kier molecular flexibility index (Phi) is 7.32. The van der Waals surface area contributed by atoms with Gasteiger partial charge in [-0.05, 0) is 60.2 Å². The number of sulfonamides is 1. The van der Waals surface area contributed by atoms with E-state index in [0.717, 1.165) is 54.5 Å². The fourth-order valence-corrected chi connectivity index (χ4v) is 5.53. The van der Waals surface area contributed by atoms with Crippen LogP contribution in [0.25, 0.3) is 0 Å². The first-order valence-electron chi connectivity index (χ1n) is 10.5. The molecular weight excluding hydrogens is 461 g/mol. The van der Waals surface area contributed by atoms with Gasteiger partial charge in [-0.25, -0.2) is 12.8 Å². The number of anilines is 2. The molecule has 9 heteroatoms. The summed E-state index contributed by atoms with van der Waals surface area (Å²) in [5, 5.41) is 2.97. The Morgan fingerprint density at radius 2 is 1.61 bits per heavy atom. The standard InChI is InChI=1S/C24H24FN3O3S2/c25-20-7-11-22(12-8-20)33(30,31)27-21-9-5-18(6-10-21)24(29)26-23-4-2-1-3-19(23)17-28-13-15-32-16-14-28/h1-12,27H,13-17H2,(H,26,29). The lowest BCUT2D eigenvalue weighted by Crippen LogP contribution is -2.32. The summed E-state index contributed by atoms with van der Waals surface area (Å²) in [4.78, 5) is 15.1. The lowest BCUT2D eigenvalue weighted by atomic mass is 10.1. The second-order valence-electron chi connectivity index (χ2n) is 7.64. The van der Waals surface area contributed by atoms with Crippen molar-refractivity contribution in [2.24, 2.45) is 0 Å². The average molecular weight is 486 g/mol. The number of benzene rings is 3. The highest BCUT2D eigenvalue weighted by atomic mass is 32.2. The summed E-state index contributed by atoms with van der Waals surface area (Å²) in [6.45, 7) is 2.84. The topological polar surface area (TPSA) is 78.5 Å². The number of nitrogens with one attached hydrogen (secondary N) is 2. The Bertz CT molecular complexity index is 1210. The predicted octanol–water partition coefficient (Wildman–Crippen LogP) is 4.43. The number of halogens is 1. The highest BCUT2D eigenvalue weighted by Crippen LogP contribution is 2.21. The van der Waals surface area contributed by atoms with Crippen molar-refractivity contribution in [3.63, 3.8) is 0 Å². The summed E-state index contributed by atoms with van der Waals surface area (Å²) in [6, 6.07) is 18.5. The Labute approximate surface area is 197 Å². The molecule has 0 atom stereocenters. The van der Waals surface area contributed by atoms with Gasteiger partial charge in [-0.3, -0.25) is 14.4 Å². The molecule has 1 saturated heterocycles. The first-order valence-corrected chi connectivity index (χ1v) is 13.1. The van der Waals surface area contributed by atoms with Crippen LogP contribution in [0.2, 0.25) is 0 Å². The zero-order chi connectivity index (χ0) is 23.3. The van der Waals surface area contributed by atoms with E-state index in [1.165, 1.54) is 24.3 Å². The van der Waals surface area contributed by atoms with Crippen LogP contribution in [0.5, 0.6) is 0 Å². The van der Waals surface area contributed by atoms with Crippen LogP contribution in [0, 0.1) is 5.82 Å². The number of carbonyl (C=O) groups excluding carboxylic acids is 1. The zero-order valence-electron chi connectivity index (χ0n) is 17.8. The van der Waals surface area contributed by atoms with Crippen molar-refractivity contribution < 1.29 is 17.6 Å². The Hall–Kier alpha value is -2.88. The van der Waals surface area contributed by atoms with E-state index in [2.05, 4.69) is 14.9 Å². The van der Waals surface area contributed by atoms with Crippen molar-refractivity contribution >= 4 is 39.1 Å². The molecule has 1 aliphatic rings. The van der Waals surface area contributed by atoms with Gasteiger partial charge in [0.2, 0.25) is 0 Å². The van der Waals surface area contributed by atoms with E-state index in [4.69, 9.17) is 0 Å². The quantitative estimate of drug-likeness (QED) is 0.518. The lowest BCUT2D eigenvalue weighted by Gasteiger charge is -2.27. The number of hydrogen-bond acceptors (Lipinski definition) is 5. The highest BCUT2D eigenvalue weighted by Gasteiger charge is 2.16. The minimum Gasteiger partial charge on any atom is -0.322 e. The maximum Gasteiger partial charge on any atom is 0.261 e. The Balaban J connectivity index is 1.42. The van der Waals surface area contributed by atoms with Crippen LogP contribution < -0.4 is 10.0 Å². The molecule has 1 aliphatic heterocycles. The van der Waals surface area contributed by atoms with E-state index in [9.17, 15) is 17.6 Å². The second-order valence-corrected chi connectivity index (χ2v) is 10.5. The smallest absolute Gasteiger partial charge is 0.261 e. The Morgan fingerprint density at radius 3 is 2.30 bits per heavy atom. The molecule has 1 heterocycles. The van der Waals surface area contributed by atoms with Gasteiger partial charge in [0.05, 0.1) is 4.90 Å². The molecule has 0 bridgehead atoms. The lowest BCUT2D eigenvalue weighted by molar-refractivity contribution is 0.102. The summed E-state index contributed by atoms with van der Waals surface area (Å²) in [7, 11) is -3.85. The van der Waals surface area contributed by atoms with E-state index in [0.29, 0.717) is 11.3 Å². The third-order valence-electron chi connectivity index (χ3n) is 5.29. The van der Waals surface area contributed by atoms with Crippen LogP contribution in [-0.2, 0) is 16.6 Å². The van der Waals surface area contributed by atoms with Crippen LogP contribution in [0.1, 0.15) is 15.9 Å². The molecule has 172 valence electrons. The van der Waals surface area contributed by atoms with E-state index in [-0.39, 0.29) is 10.8 Å². The summed E-state index contributed by atoms with van der Waals surface area (Å²) in [5.74, 6) is 1.45. The minimum absolute atomic E-state index is 0.0466. The molecule has 3 aromatic rings. The van der Waals surface area contributed by atoms with Gasteiger partial charge in [-0.1, -0.05) is 18.2 Å². The van der Waals surface area contributed by atoms with Crippen LogP contribution >= 0.6 is 11.8 Å². The Morgan fingerprint density at radius 1 is 0.939 bits per heavy atom. The molecule has 3 aromatic carbocycles. The fourth-order valence-electron chi connectivity index (χ4n) is 3.49. The van der Waals surface area contributed by atoms with Gasteiger partial charge < -0.3 is 5.32 Å². The van der Waals surface area contributed by atoms with Crippen LogP contribution in [0.15, 0.2) is 77.7 Å². The van der Waals surface area contributed by atoms with E-state index >= 15 is 0 Å². The number of hydrogen-bond donors (Lipinski definition) is 2. The molecule has 0 aliphatic carbocycles. The van der Waals surface area contributed by atoms with Crippen LogP contribution in [0.3, 0.4) is 0 Å². The van der Waals surface area contributed by atoms with Crippen molar-refractivity contribution in [3.8, 4) is 0 Å². The predicted molar refractivity (Wildman–Crippen MR) is 131 cm³/mol. The molecule has 6 nitrogen and oxygen atoms in total. The summed E-state index contributed by atoms with van der Waals surface area (Å²) >= 11 is 1.96. The van der Waals surface area contributed by atoms with Crippen LogP contribution in [-0.4, -0.2) is 43.8 Å². The molecule has 0 spiro atoms. The van der Waals surface area contributed by atoms with E-state index in [1.54, 1.807) is 12.1 Å². The molecule has 33 heavy (non-hydrogen) atoms. The van der Waals surface area contributed by atoms with Crippen molar-refractivity contribution in [3.05, 3.63) is 89.7 Å². The second kappa shape index (κ2) is 10.4. The zero-order valence-corrected chi connectivity index (χ0v) is 19.5. The molecular formula is C24H24FN3O3S2. The summed E-state index contributed by atoms with van der Waals surface area (Å²) < 4.78 is 40.4. The largest absolute Gasteiger partial charge is 0.322 e. The van der Waals surface area contributed by atoms with Crippen molar-refractivity contribution in [2.45, 2.75) is 11.4 Å². The van der Waals surface area contributed by atoms with Crippen molar-refractivity contribution in [1.82, 2.24) is 4.90 Å². The molecule has 0 unspecified atom stereocenters. The number of amides is 1. The average Bonchev–Trinajstić information content (AvgIpc) is 2.81. The first kappa shape index (κ1) is 23.3. The molecule has 1 fully saturated rings. The van der Waals surface area contributed by atoms with Crippen molar-refractivity contribution in [2.75, 3.05) is 34.6 Å². The number of para-hydroxylation sites is 1. The first-order chi connectivity index (χ1) is 15.9. The number of rotatable bonds is 7. The monoisotopic (exact) mass is 485 g/mol. The number of carbonyl (C=O) groups is 1. The normalized spacial score (nSPS) is 14.6. The number of thioether (sulfide) groups is 1. The maximum atomic E-state index is 13.1. The third kappa shape index (κ3) is 6.13. The van der Waals surface area contributed by atoms with Gasteiger partial charge in [0, 0.05) is 48.1 Å². The van der Waals surface area contributed by atoms with Crippen molar-refractivity contribution in [1.29, 1.82) is 0 Å². The maximum absolute atomic E-state index is 13.1. The SMILES string of the molecule is O=C(Nc1ccccc1CN1CCSCC1)c1ccc(NS(=O)(=O)c2ccc(F)cc2)cc1. The third-order valence-corrected chi connectivity index (χ3v) is 7.63. The molecule has 0 aromatic heterocycles.